The molecule has 0 radical (unpaired) electrons. The van der Waals surface area contributed by atoms with E-state index in [2.05, 4.69) is 9.80 Å². The highest BCUT2D eigenvalue weighted by atomic mass is 31.1. The smallest absolute Gasteiger partial charge is 0.0743 e. The monoisotopic (exact) mass is 512 g/mol. The molecule has 5 heterocycles. The van der Waals surface area contributed by atoms with Gasteiger partial charge in [0.15, 0.2) is 0 Å². The van der Waals surface area contributed by atoms with Gasteiger partial charge in [0.2, 0.25) is 0 Å². The van der Waals surface area contributed by atoms with E-state index in [9.17, 15) is 0 Å². The molecule has 14 unspecified atom stereocenters. The molecule has 0 aromatic heterocycles. The van der Waals surface area contributed by atoms with Crippen molar-refractivity contribution in [1.29, 1.82) is 0 Å². The lowest BCUT2D eigenvalue weighted by molar-refractivity contribution is -0.242. The number of hydrogen-bond donors (Lipinski definition) is 0. The van der Waals surface area contributed by atoms with Crippen LogP contribution in [-0.2, 0) is 14.2 Å². The summed E-state index contributed by atoms with van der Waals surface area (Å²) in [6.45, 7) is 0. The van der Waals surface area contributed by atoms with Crippen molar-refractivity contribution in [3.63, 3.8) is 0 Å². The van der Waals surface area contributed by atoms with Crippen molar-refractivity contribution in [3.8, 4) is 0 Å². The molecule has 0 aromatic rings. The summed E-state index contributed by atoms with van der Waals surface area (Å²) < 4.78 is 21.4. The molecule has 198 valence electrons. The van der Waals surface area contributed by atoms with Gasteiger partial charge in [-0.25, -0.2) is 0 Å². The van der Waals surface area contributed by atoms with E-state index >= 15 is 0 Å². The molecule has 5 saturated heterocycles. The molecule has 5 nitrogen and oxygen atoms in total. The first-order valence-electron chi connectivity index (χ1n) is 16.2. The summed E-state index contributed by atoms with van der Waals surface area (Å²) >= 11 is 0. The Morgan fingerprint density at radius 3 is 1.39 bits per heavy atom. The molecular formula is C30H45N2O3P. The quantitative estimate of drug-likeness (QED) is 0.442. The lowest BCUT2D eigenvalue weighted by atomic mass is 9.73. The van der Waals surface area contributed by atoms with Gasteiger partial charge in [0.25, 0.3) is 0 Å². The van der Waals surface area contributed by atoms with Gasteiger partial charge in [-0.3, -0.25) is 9.80 Å². The first-order valence-corrected chi connectivity index (χ1v) is 17.7. The average Bonchev–Trinajstić information content (AvgIpc) is 2.93. The zero-order valence-electron chi connectivity index (χ0n) is 21.8. The summed E-state index contributed by atoms with van der Waals surface area (Å²) in [5, 5.41) is 0. The molecule has 6 heteroatoms. The summed E-state index contributed by atoms with van der Waals surface area (Å²) in [6, 6.07) is 4.37. The van der Waals surface area contributed by atoms with Gasteiger partial charge in [-0.05, 0) is 64.2 Å². The molecule has 0 bridgehead atoms. The van der Waals surface area contributed by atoms with Gasteiger partial charge in [0, 0.05) is 53.2 Å². The second-order valence-corrected chi connectivity index (χ2v) is 17.0. The van der Waals surface area contributed by atoms with Gasteiger partial charge in [-0.1, -0.05) is 40.0 Å². The molecule has 36 heavy (non-hydrogen) atoms. The number of morpholine rings is 2. The topological polar surface area (TPSA) is 34.2 Å². The van der Waals surface area contributed by atoms with E-state index in [1.54, 1.807) is 0 Å². The highest BCUT2D eigenvalue weighted by Gasteiger charge is 2.72. The van der Waals surface area contributed by atoms with Crippen LogP contribution in [0.25, 0.3) is 0 Å². The van der Waals surface area contributed by atoms with E-state index < -0.39 is 0 Å². The molecule has 0 amide bonds. The van der Waals surface area contributed by atoms with Crippen LogP contribution in [-0.4, -0.2) is 99.7 Å². The van der Waals surface area contributed by atoms with E-state index in [-0.39, 0.29) is 7.92 Å². The maximum atomic E-state index is 7.26. The van der Waals surface area contributed by atoms with Crippen LogP contribution >= 0.6 is 7.92 Å². The fraction of sp³-hybridized carbons (Fsp3) is 1.00. The van der Waals surface area contributed by atoms with E-state index in [4.69, 9.17) is 14.2 Å². The second kappa shape index (κ2) is 7.91. The Bertz CT molecular complexity index is 853. The van der Waals surface area contributed by atoms with Crippen LogP contribution in [0.4, 0.5) is 0 Å². The lowest BCUT2D eigenvalue weighted by Crippen LogP contribution is -2.83. The van der Waals surface area contributed by atoms with Gasteiger partial charge < -0.3 is 14.2 Å². The molecule has 0 aromatic carbocycles. The van der Waals surface area contributed by atoms with Crippen molar-refractivity contribution in [1.82, 2.24) is 9.80 Å². The largest absolute Gasteiger partial charge is 0.374 e. The second-order valence-electron chi connectivity index (χ2n) is 14.4. The van der Waals surface area contributed by atoms with Crippen LogP contribution < -0.4 is 0 Å². The van der Waals surface area contributed by atoms with Gasteiger partial charge in [0.1, 0.15) is 0 Å². The average molecular weight is 513 g/mol. The zero-order valence-corrected chi connectivity index (χ0v) is 22.7. The van der Waals surface area contributed by atoms with E-state index in [1.807, 2.05) is 0 Å². The van der Waals surface area contributed by atoms with Crippen molar-refractivity contribution < 1.29 is 14.2 Å². The summed E-state index contributed by atoms with van der Waals surface area (Å²) in [4.78, 5) is 6.43. The Kier molecular flexibility index (Phi) is 4.83. The highest BCUT2D eigenvalue weighted by molar-refractivity contribution is 7.60. The SMILES string of the molecule is C1CCC2C(C1)OC1CCC3OC4CCC5OC6CCCCC6N6C7CCCC8C7P(C3C1N28)C4C56. The van der Waals surface area contributed by atoms with Gasteiger partial charge >= 0.3 is 0 Å². The molecule has 5 aliphatic carbocycles. The van der Waals surface area contributed by atoms with Gasteiger partial charge in [-0.2, -0.15) is 0 Å². The minimum Gasteiger partial charge on any atom is -0.374 e. The predicted octanol–water partition coefficient (Wildman–Crippen LogP) is 4.64. The molecule has 10 fully saturated rings. The van der Waals surface area contributed by atoms with Gasteiger partial charge in [0.05, 0.1) is 36.6 Å². The Morgan fingerprint density at radius 1 is 0.389 bits per heavy atom. The standard InChI is InChI=1S/C30H45N2O3P/c1-3-10-20-16(6-1)31-18-8-5-9-19-28(18)36-29-24(14-12-22(33-20)26(29)31)35-25-15-13-23-27(30(25)36)32(19)17-7-2-4-11-21(17)34-23/h16-30H,1-15H2. The summed E-state index contributed by atoms with van der Waals surface area (Å²) in [7, 11) is -0.0515. The maximum absolute atomic E-state index is 7.26. The third kappa shape index (κ3) is 2.70. The van der Waals surface area contributed by atoms with Crippen molar-refractivity contribution in [2.24, 2.45) is 0 Å². The van der Waals surface area contributed by atoms with Crippen molar-refractivity contribution >= 4 is 7.92 Å². The summed E-state index contributed by atoms with van der Waals surface area (Å²) in [5.41, 5.74) is 2.48. The van der Waals surface area contributed by atoms with E-state index in [0.717, 1.165) is 29.1 Å². The molecule has 10 aliphatic rings. The molecular weight excluding hydrogens is 467 g/mol. The number of rotatable bonds is 0. The molecule has 5 aliphatic heterocycles. The molecule has 5 saturated carbocycles. The minimum absolute atomic E-state index is 0.0515. The third-order valence-corrected chi connectivity index (χ3v) is 17.2. The number of fused-ring (bicyclic) bond motifs is 6. The third-order valence-electron chi connectivity index (χ3n) is 13.1. The van der Waals surface area contributed by atoms with Crippen LogP contribution in [0.5, 0.6) is 0 Å². The predicted molar refractivity (Wildman–Crippen MR) is 140 cm³/mol. The Labute approximate surface area is 218 Å². The maximum Gasteiger partial charge on any atom is 0.0743 e. The molecule has 14 atom stereocenters. The first kappa shape index (κ1) is 22.0. The Morgan fingerprint density at radius 2 is 0.833 bits per heavy atom. The van der Waals surface area contributed by atoms with Crippen molar-refractivity contribution in [2.75, 3.05) is 0 Å². The summed E-state index contributed by atoms with van der Waals surface area (Å²) in [6.07, 6.45) is 23.4. The Hall–Kier alpha value is 0.230. The van der Waals surface area contributed by atoms with Crippen LogP contribution in [0, 0.1) is 0 Å². The molecule has 0 spiro atoms. The van der Waals surface area contributed by atoms with Crippen molar-refractivity contribution in [3.05, 3.63) is 0 Å². The number of nitrogens with zero attached hydrogens (tertiary/aromatic N) is 2. The first-order chi connectivity index (χ1) is 17.9. The highest BCUT2D eigenvalue weighted by Crippen LogP contribution is 2.73. The number of ether oxygens (including phenoxy) is 3. The molecule has 10 rings (SSSR count). The van der Waals surface area contributed by atoms with Crippen molar-refractivity contribution in [2.45, 2.75) is 186 Å². The zero-order chi connectivity index (χ0) is 23.1. The minimum atomic E-state index is -0.0515. The summed E-state index contributed by atoms with van der Waals surface area (Å²) in [5.74, 6) is 0. The number of hydrogen-bond acceptors (Lipinski definition) is 5. The molecule has 0 N–H and O–H groups in total. The Balaban J connectivity index is 1.14. The fourth-order valence-electron chi connectivity index (χ4n) is 12.3. The van der Waals surface area contributed by atoms with Crippen LogP contribution in [0.3, 0.4) is 0 Å². The van der Waals surface area contributed by atoms with Crippen LogP contribution in [0.2, 0.25) is 0 Å². The normalized spacial score (nSPS) is 63.0. The van der Waals surface area contributed by atoms with Gasteiger partial charge in [-0.15, -0.1) is 0 Å². The van der Waals surface area contributed by atoms with E-state index in [1.165, 1.54) is 96.3 Å². The van der Waals surface area contributed by atoms with Crippen LogP contribution in [0.15, 0.2) is 0 Å². The van der Waals surface area contributed by atoms with Crippen LogP contribution in [0.1, 0.15) is 96.3 Å². The lowest BCUT2D eigenvalue weighted by Gasteiger charge is -2.76. The fourth-order valence-corrected chi connectivity index (χ4v) is 17.5. The van der Waals surface area contributed by atoms with E-state index in [0.29, 0.717) is 60.8 Å².